The fraction of sp³-hybridized carbons (Fsp3) is 0.217. The number of furan rings is 1. The van der Waals surface area contributed by atoms with Crippen molar-refractivity contribution in [2.75, 3.05) is 0 Å². The van der Waals surface area contributed by atoms with Crippen molar-refractivity contribution in [2.24, 2.45) is 0 Å². The van der Waals surface area contributed by atoms with Crippen LogP contribution in [0.15, 0.2) is 71.3 Å². The Morgan fingerprint density at radius 2 is 1.68 bits per heavy atom. The second-order valence-electron chi connectivity index (χ2n) is 6.75. The van der Waals surface area contributed by atoms with Gasteiger partial charge in [-0.15, -0.1) is 0 Å². The van der Waals surface area contributed by atoms with E-state index in [2.05, 4.69) is 0 Å². The topological polar surface area (TPSA) is 70.8 Å². The molecule has 1 heterocycles. The molecule has 1 aromatic heterocycles. The minimum absolute atomic E-state index is 0.0612. The first-order chi connectivity index (χ1) is 13.5. The quantitative estimate of drug-likeness (QED) is 0.587. The van der Waals surface area contributed by atoms with E-state index in [1.165, 1.54) is 0 Å². The maximum atomic E-state index is 12.8. The molecule has 0 bridgehead atoms. The molecule has 0 saturated carbocycles. The van der Waals surface area contributed by atoms with Crippen LogP contribution in [0.2, 0.25) is 0 Å². The third-order valence-corrected chi connectivity index (χ3v) is 4.57. The number of phenolic OH excluding ortho intramolecular Hbond substituents is 1. The number of hydrogen-bond acceptors (Lipinski definition) is 4. The van der Waals surface area contributed by atoms with E-state index >= 15 is 0 Å². The maximum Gasteiger partial charge on any atom is 0.223 e. The molecule has 0 aliphatic heterocycles. The van der Waals surface area contributed by atoms with Crippen molar-refractivity contribution in [3.05, 3.63) is 89.4 Å². The molecule has 2 aromatic carbocycles. The van der Waals surface area contributed by atoms with Gasteiger partial charge in [0.05, 0.1) is 12.8 Å². The molecular weight excluding hydrogens is 354 g/mol. The van der Waals surface area contributed by atoms with E-state index in [4.69, 9.17) is 4.42 Å². The van der Waals surface area contributed by atoms with Crippen molar-refractivity contribution in [1.82, 2.24) is 4.90 Å². The molecule has 3 rings (SSSR count). The van der Waals surface area contributed by atoms with Gasteiger partial charge in [-0.1, -0.05) is 48.0 Å². The van der Waals surface area contributed by atoms with E-state index in [1.807, 2.05) is 25.1 Å². The fourth-order valence-electron chi connectivity index (χ4n) is 2.94. The molecule has 0 aliphatic carbocycles. The lowest BCUT2D eigenvalue weighted by Crippen LogP contribution is -2.30. The lowest BCUT2D eigenvalue weighted by molar-refractivity contribution is -0.132. The lowest BCUT2D eigenvalue weighted by atomic mass is 10.0. The zero-order chi connectivity index (χ0) is 19.9. The first-order valence-electron chi connectivity index (χ1n) is 9.20. The normalized spacial score (nSPS) is 10.6. The fourth-order valence-corrected chi connectivity index (χ4v) is 2.94. The van der Waals surface area contributed by atoms with Gasteiger partial charge in [0.25, 0.3) is 0 Å². The molecule has 0 radical (unpaired) electrons. The number of hydrogen-bond donors (Lipinski definition) is 1. The minimum Gasteiger partial charge on any atom is -0.508 e. The van der Waals surface area contributed by atoms with E-state index in [9.17, 15) is 14.7 Å². The Kier molecular flexibility index (Phi) is 6.27. The highest BCUT2D eigenvalue weighted by atomic mass is 16.3. The smallest absolute Gasteiger partial charge is 0.223 e. The second kappa shape index (κ2) is 9.04. The maximum absolute atomic E-state index is 12.8. The van der Waals surface area contributed by atoms with Crippen LogP contribution in [0.5, 0.6) is 5.75 Å². The summed E-state index contributed by atoms with van der Waals surface area (Å²) < 4.78 is 5.36. The van der Waals surface area contributed by atoms with Gasteiger partial charge in [0.15, 0.2) is 5.78 Å². The summed E-state index contributed by atoms with van der Waals surface area (Å²) in [7, 11) is 0. The number of rotatable bonds is 8. The number of phenols is 1. The number of Topliss-reactive ketones (excluding diaryl/α,β-unsaturated/α-hetero) is 1. The van der Waals surface area contributed by atoms with Gasteiger partial charge >= 0.3 is 0 Å². The SMILES string of the molecule is Cc1ccc(C(=O)CCC(=O)N(Cc2ccco2)Cc2ccccc2O)cc1. The molecule has 5 heteroatoms. The lowest BCUT2D eigenvalue weighted by Gasteiger charge is -2.22. The van der Waals surface area contributed by atoms with E-state index in [-0.39, 0.29) is 43.4 Å². The number of ketones is 1. The molecular formula is C23H23NO4. The van der Waals surface area contributed by atoms with Crippen molar-refractivity contribution in [1.29, 1.82) is 0 Å². The minimum atomic E-state index is -0.167. The van der Waals surface area contributed by atoms with Gasteiger partial charge in [-0.2, -0.15) is 0 Å². The highest BCUT2D eigenvalue weighted by Gasteiger charge is 2.19. The van der Waals surface area contributed by atoms with E-state index in [0.29, 0.717) is 16.9 Å². The Balaban J connectivity index is 1.68. The van der Waals surface area contributed by atoms with Gasteiger partial charge in [0.2, 0.25) is 5.91 Å². The summed E-state index contributed by atoms with van der Waals surface area (Å²) in [5.74, 6) is 0.554. The van der Waals surface area contributed by atoms with Crippen molar-refractivity contribution in [3.8, 4) is 5.75 Å². The summed E-state index contributed by atoms with van der Waals surface area (Å²) in [6.07, 6.45) is 1.79. The van der Waals surface area contributed by atoms with Crippen molar-refractivity contribution in [2.45, 2.75) is 32.9 Å². The summed E-state index contributed by atoms with van der Waals surface area (Å²) >= 11 is 0. The van der Waals surface area contributed by atoms with E-state index in [1.54, 1.807) is 53.6 Å². The van der Waals surface area contributed by atoms with Crippen LogP contribution in [0, 0.1) is 6.92 Å². The summed E-state index contributed by atoms with van der Waals surface area (Å²) in [5.41, 5.74) is 2.34. The van der Waals surface area contributed by atoms with Gasteiger partial charge in [0, 0.05) is 30.5 Å². The van der Waals surface area contributed by atoms with E-state index in [0.717, 1.165) is 5.56 Å². The molecule has 0 unspecified atom stereocenters. The van der Waals surface area contributed by atoms with Crippen molar-refractivity contribution in [3.63, 3.8) is 0 Å². The molecule has 0 spiro atoms. The Bertz CT molecular complexity index is 930. The Labute approximate surface area is 164 Å². The first-order valence-corrected chi connectivity index (χ1v) is 9.20. The first kappa shape index (κ1) is 19.4. The average molecular weight is 377 g/mol. The predicted octanol–water partition coefficient (Wildman–Crippen LogP) is 4.49. The van der Waals surface area contributed by atoms with Gasteiger partial charge in [-0.25, -0.2) is 0 Å². The zero-order valence-electron chi connectivity index (χ0n) is 15.8. The number of para-hydroxylation sites is 1. The molecule has 0 fully saturated rings. The third-order valence-electron chi connectivity index (χ3n) is 4.57. The molecule has 1 amide bonds. The molecule has 0 aliphatic rings. The molecule has 1 N–H and O–H groups in total. The van der Waals surface area contributed by atoms with Crippen LogP contribution in [0.3, 0.4) is 0 Å². The molecule has 0 saturated heterocycles. The molecule has 144 valence electrons. The number of aromatic hydroxyl groups is 1. The van der Waals surface area contributed by atoms with Crippen LogP contribution in [0.25, 0.3) is 0 Å². The molecule has 28 heavy (non-hydrogen) atoms. The van der Waals surface area contributed by atoms with Crippen LogP contribution in [0.4, 0.5) is 0 Å². The van der Waals surface area contributed by atoms with Crippen molar-refractivity contribution < 1.29 is 19.1 Å². The Hall–Kier alpha value is -3.34. The predicted molar refractivity (Wildman–Crippen MR) is 106 cm³/mol. The number of nitrogens with zero attached hydrogens (tertiary/aromatic N) is 1. The number of aryl methyl sites for hydroxylation is 1. The van der Waals surface area contributed by atoms with Gasteiger partial charge in [0.1, 0.15) is 11.5 Å². The van der Waals surface area contributed by atoms with Crippen LogP contribution in [0.1, 0.15) is 40.1 Å². The molecule has 5 nitrogen and oxygen atoms in total. The van der Waals surface area contributed by atoms with Gasteiger partial charge in [-0.05, 0) is 25.1 Å². The second-order valence-corrected chi connectivity index (χ2v) is 6.75. The standard InChI is InChI=1S/C23H23NO4/c1-17-8-10-18(11-9-17)22(26)12-13-23(27)24(16-20-6-4-14-28-20)15-19-5-2-3-7-21(19)25/h2-11,14,25H,12-13,15-16H2,1H3. The average Bonchev–Trinajstić information content (AvgIpc) is 3.20. The zero-order valence-corrected chi connectivity index (χ0v) is 15.8. The summed E-state index contributed by atoms with van der Waals surface area (Å²) in [6, 6.07) is 17.8. The largest absolute Gasteiger partial charge is 0.508 e. The van der Waals surface area contributed by atoms with Gasteiger partial charge < -0.3 is 14.4 Å². The third kappa shape index (κ3) is 5.10. The van der Waals surface area contributed by atoms with Crippen LogP contribution >= 0.6 is 0 Å². The summed E-state index contributed by atoms with van der Waals surface area (Å²) in [4.78, 5) is 26.8. The Morgan fingerprint density at radius 3 is 2.36 bits per heavy atom. The van der Waals surface area contributed by atoms with E-state index < -0.39 is 0 Å². The van der Waals surface area contributed by atoms with Crippen molar-refractivity contribution >= 4 is 11.7 Å². The van der Waals surface area contributed by atoms with Crippen LogP contribution in [-0.2, 0) is 17.9 Å². The number of carbonyl (C=O) groups is 2. The number of amides is 1. The highest BCUT2D eigenvalue weighted by Crippen LogP contribution is 2.20. The Morgan fingerprint density at radius 1 is 0.929 bits per heavy atom. The highest BCUT2D eigenvalue weighted by molar-refractivity contribution is 5.97. The monoisotopic (exact) mass is 377 g/mol. The summed E-state index contributed by atoms with van der Waals surface area (Å²) in [6.45, 7) is 2.48. The molecule has 0 atom stereocenters. The van der Waals surface area contributed by atoms with Crippen LogP contribution < -0.4 is 0 Å². The summed E-state index contributed by atoms with van der Waals surface area (Å²) in [5, 5.41) is 10.0. The van der Waals surface area contributed by atoms with Gasteiger partial charge in [-0.3, -0.25) is 9.59 Å². The number of carbonyl (C=O) groups excluding carboxylic acids is 2. The molecule has 3 aromatic rings. The van der Waals surface area contributed by atoms with Crippen LogP contribution in [-0.4, -0.2) is 21.7 Å². The number of benzene rings is 2.